The van der Waals surface area contributed by atoms with Gasteiger partial charge in [0.2, 0.25) is 0 Å². The van der Waals surface area contributed by atoms with Gasteiger partial charge in [0.15, 0.2) is 0 Å². The molecule has 1 saturated carbocycles. The molecule has 2 rings (SSSR count). The summed E-state index contributed by atoms with van der Waals surface area (Å²) in [5, 5.41) is 9.75. The van der Waals surface area contributed by atoms with Gasteiger partial charge in [0.25, 0.3) is 0 Å². The number of aliphatic hydroxyl groups excluding tert-OH is 1. The maximum absolute atomic E-state index is 9.75. The highest BCUT2D eigenvalue weighted by atomic mass is 16.5. The molecule has 18 heavy (non-hydrogen) atoms. The number of aliphatic hydroxyl groups is 1. The van der Waals surface area contributed by atoms with E-state index in [0.29, 0.717) is 6.10 Å². The zero-order valence-corrected chi connectivity index (χ0v) is 11.4. The number of para-hydroxylation sites is 1. The van der Waals surface area contributed by atoms with E-state index in [4.69, 9.17) is 4.74 Å². The van der Waals surface area contributed by atoms with Crippen molar-refractivity contribution in [2.75, 3.05) is 0 Å². The van der Waals surface area contributed by atoms with Crippen molar-refractivity contribution in [1.29, 1.82) is 0 Å². The van der Waals surface area contributed by atoms with Crippen LogP contribution in [0.3, 0.4) is 0 Å². The van der Waals surface area contributed by atoms with Gasteiger partial charge in [0.1, 0.15) is 5.75 Å². The average Bonchev–Trinajstić information content (AvgIpc) is 2.39. The second-order valence-electron chi connectivity index (χ2n) is 5.39. The van der Waals surface area contributed by atoms with E-state index in [1.54, 1.807) is 6.92 Å². The van der Waals surface area contributed by atoms with Gasteiger partial charge in [-0.25, -0.2) is 0 Å². The highest BCUT2D eigenvalue weighted by Gasteiger charge is 2.23. The number of hydrogen-bond acceptors (Lipinski definition) is 2. The minimum Gasteiger partial charge on any atom is -0.490 e. The third kappa shape index (κ3) is 3.26. The molecular weight excluding hydrogens is 224 g/mol. The Balaban J connectivity index is 2.04. The minimum atomic E-state index is -0.466. The predicted octanol–water partition coefficient (Wildman–Crippen LogP) is 4.09. The topological polar surface area (TPSA) is 29.5 Å². The zero-order chi connectivity index (χ0) is 13.0. The van der Waals surface area contributed by atoms with E-state index >= 15 is 0 Å². The highest BCUT2D eigenvalue weighted by Crippen LogP contribution is 2.32. The summed E-state index contributed by atoms with van der Waals surface area (Å²) < 4.78 is 6.12. The Bertz CT molecular complexity index is 373. The molecule has 1 fully saturated rings. The monoisotopic (exact) mass is 248 g/mol. The molecule has 100 valence electrons. The fraction of sp³-hybridized carbons (Fsp3) is 0.625. The first-order valence-corrected chi connectivity index (χ1v) is 7.14. The first kappa shape index (κ1) is 13.4. The molecule has 3 atom stereocenters. The van der Waals surface area contributed by atoms with Crippen molar-refractivity contribution in [1.82, 2.24) is 0 Å². The van der Waals surface area contributed by atoms with Gasteiger partial charge in [0, 0.05) is 5.56 Å². The molecule has 1 N–H and O–H groups in total. The number of hydrogen-bond donors (Lipinski definition) is 1. The fourth-order valence-electron chi connectivity index (χ4n) is 2.83. The van der Waals surface area contributed by atoms with Gasteiger partial charge in [-0.1, -0.05) is 38.0 Å². The summed E-state index contributed by atoms with van der Waals surface area (Å²) in [6.07, 6.45) is 6.01. The Labute approximate surface area is 110 Å². The van der Waals surface area contributed by atoms with Crippen LogP contribution in [-0.4, -0.2) is 11.2 Å². The largest absolute Gasteiger partial charge is 0.490 e. The molecule has 1 aliphatic carbocycles. The minimum absolute atomic E-state index is 0.323. The molecule has 0 heterocycles. The van der Waals surface area contributed by atoms with Crippen LogP contribution in [0, 0.1) is 5.92 Å². The third-order valence-electron chi connectivity index (χ3n) is 3.97. The van der Waals surface area contributed by atoms with E-state index in [1.807, 2.05) is 24.3 Å². The summed E-state index contributed by atoms with van der Waals surface area (Å²) in [6.45, 7) is 4.05. The lowest BCUT2D eigenvalue weighted by atomic mass is 9.85. The van der Waals surface area contributed by atoms with Crippen molar-refractivity contribution in [3.63, 3.8) is 0 Å². The van der Waals surface area contributed by atoms with Gasteiger partial charge in [-0.15, -0.1) is 0 Å². The van der Waals surface area contributed by atoms with Crippen LogP contribution in [0.5, 0.6) is 5.75 Å². The molecular formula is C16H24O2. The van der Waals surface area contributed by atoms with E-state index in [1.165, 1.54) is 19.3 Å². The Kier molecular flexibility index (Phi) is 4.65. The van der Waals surface area contributed by atoms with Crippen molar-refractivity contribution in [2.24, 2.45) is 5.92 Å². The average molecular weight is 248 g/mol. The first-order valence-electron chi connectivity index (χ1n) is 7.14. The molecule has 1 aliphatic rings. The Morgan fingerprint density at radius 2 is 2.11 bits per heavy atom. The number of rotatable bonds is 4. The molecule has 2 nitrogen and oxygen atoms in total. The second-order valence-corrected chi connectivity index (χ2v) is 5.39. The summed E-state index contributed by atoms with van der Waals surface area (Å²) >= 11 is 0. The van der Waals surface area contributed by atoms with Crippen molar-refractivity contribution in [2.45, 2.75) is 58.2 Å². The molecule has 0 spiro atoms. The molecule has 0 aliphatic heterocycles. The second kappa shape index (κ2) is 6.24. The lowest BCUT2D eigenvalue weighted by molar-refractivity contribution is 0.115. The van der Waals surface area contributed by atoms with Crippen LogP contribution >= 0.6 is 0 Å². The molecule has 2 heteroatoms. The zero-order valence-electron chi connectivity index (χ0n) is 11.4. The van der Waals surface area contributed by atoms with E-state index in [0.717, 1.165) is 30.1 Å². The van der Waals surface area contributed by atoms with Crippen molar-refractivity contribution < 1.29 is 9.84 Å². The van der Waals surface area contributed by atoms with Crippen LogP contribution in [0.1, 0.15) is 57.6 Å². The van der Waals surface area contributed by atoms with Crippen LogP contribution in [0.4, 0.5) is 0 Å². The van der Waals surface area contributed by atoms with Gasteiger partial charge >= 0.3 is 0 Å². The lowest BCUT2D eigenvalue weighted by Crippen LogP contribution is -2.25. The summed E-state index contributed by atoms with van der Waals surface area (Å²) in [4.78, 5) is 0. The maximum Gasteiger partial charge on any atom is 0.125 e. The van der Waals surface area contributed by atoms with E-state index in [9.17, 15) is 5.11 Å². The van der Waals surface area contributed by atoms with Gasteiger partial charge in [-0.05, 0) is 38.2 Å². The first-order chi connectivity index (χ1) is 8.70. The standard InChI is InChI=1S/C16H24O2/c1-3-13-7-6-8-14(11-13)18-16-10-5-4-9-15(16)12(2)17/h4-5,9-10,12-14,17H,3,6-8,11H2,1-2H3. The number of ether oxygens (including phenoxy) is 1. The van der Waals surface area contributed by atoms with E-state index in [2.05, 4.69) is 6.92 Å². The summed E-state index contributed by atoms with van der Waals surface area (Å²) in [7, 11) is 0. The quantitative estimate of drug-likeness (QED) is 0.869. The smallest absolute Gasteiger partial charge is 0.125 e. The normalized spacial score (nSPS) is 25.7. The van der Waals surface area contributed by atoms with Crippen molar-refractivity contribution >= 4 is 0 Å². The maximum atomic E-state index is 9.75. The summed E-state index contributed by atoms with van der Waals surface area (Å²) in [5.74, 6) is 1.66. The molecule has 0 radical (unpaired) electrons. The molecule has 1 aromatic rings. The molecule has 0 aromatic heterocycles. The molecule has 0 amide bonds. The molecule has 0 bridgehead atoms. The molecule has 0 saturated heterocycles. The van der Waals surface area contributed by atoms with Crippen LogP contribution in [-0.2, 0) is 0 Å². The third-order valence-corrected chi connectivity index (χ3v) is 3.97. The Morgan fingerprint density at radius 3 is 2.83 bits per heavy atom. The van der Waals surface area contributed by atoms with Crippen LogP contribution < -0.4 is 4.74 Å². The fourth-order valence-corrected chi connectivity index (χ4v) is 2.83. The number of benzene rings is 1. The van der Waals surface area contributed by atoms with Gasteiger partial charge in [-0.2, -0.15) is 0 Å². The summed E-state index contributed by atoms with van der Waals surface area (Å²) in [6, 6.07) is 7.84. The van der Waals surface area contributed by atoms with Gasteiger partial charge < -0.3 is 9.84 Å². The highest BCUT2D eigenvalue weighted by molar-refractivity contribution is 5.34. The van der Waals surface area contributed by atoms with Gasteiger partial charge in [0.05, 0.1) is 12.2 Å². The van der Waals surface area contributed by atoms with E-state index in [-0.39, 0.29) is 0 Å². The van der Waals surface area contributed by atoms with E-state index < -0.39 is 6.10 Å². The van der Waals surface area contributed by atoms with Gasteiger partial charge in [-0.3, -0.25) is 0 Å². The van der Waals surface area contributed by atoms with Crippen molar-refractivity contribution in [3.05, 3.63) is 29.8 Å². The van der Waals surface area contributed by atoms with Crippen molar-refractivity contribution in [3.8, 4) is 5.75 Å². The predicted molar refractivity (Wildman–Crippen MR) is 73.7 cm³/mol. The van der Waals surface area contributed by atoms with Crippen LogP contribution in [0.15, 0.2) is 24.3 Å². The summed E-state index contributed by atoms with van der Waals surface area (Å²) in [5.41, 5.74) is 0.899. The Morgan fingerprint density at radius 1 is 1.33 bits per heavy atom. The Hall–Kier alpha value is -1.02. The molecule has 1 aromatic carbocycles. The SMILES string of the molecule is CCC1CCCC(Oc2ccccc2C(C)O)C1. The van der Waals surface area contributed by atoms with Crippen LogP contribution in [0.25, 0.3) is 0 Å². The van der Waals surface area contributed by atoms with Crippen LogP contribution in [0.2, 0.25) is 0 Å². The lowest BCUT2D eigenvalue weighted by Gasteiger charge is -2.29. The molecule has 3 unspecified atom stereocenters.